The first-order valence-electron chi connectivity index (χ1n) is 5.77. The molecule has 0 saturated heterocycles. The summed E-state index contributed by atoms with van der Waals surface area (Å²) in [6.45, 7) is 0.558. The van der Waals surface area contributed by atoms with E-state index in [1.54, 1.807) is 18.3 Å². The number of aromatic nitrogens is 2. The average Bonchev–Trinajstić information content (AvgIpc) is 2.75. The normalized spacial score (nSPS) is 10.4. The summed E-state index contributed by atoms with van der Waals surface area (Å²) >= 11 is 11.0. The number of hydrogen-bond donors (Lipinski definition) is 1. The predicted octanol–water partition coefficient (Wildman–Crippen LogP) is 2.33. The molecule has 4 nitrogen and oxygen atoms in total. The van der Waals surface area contributed by atoms with E-state index in [4.69, 9.17) is 34.3 Å². The summed E-state index contributed by atoms with van der Waals surface area (Å²) in [4.78, 5) is 0.284. The minimum absolute atomic E-state index is 0.284. The Morgan fingerprint density at radius 2 is 2.26 bits per heavy atom. The van der Waals surface area contributed by atoms with Crippen molar-refractivity contribution in [3.05, 3.63) is 46.7 Å². The SMILES string of the molecule is Cn1nccc1CCOc1ccc(C(N)=S)c(Cl)c1. The van der Waals surface area contributed by atoms with Crippen LogP contribution in [0.3, 0.4) is 0 Å². The maximum atomic E-state index is 6.07. The van der Waals surface area contributed by atoms with Crippen molar-refractivity contribution in [1.82, 2.24) is 9.78 Å². The number of nitrogens with zero attached hydrogens (tertiary/aromatic N) is 2. The smallest absolute Gasteiger partial charge is 0.120 e. The monoisotopic (exact) mass is 295 g/mol. The van der Waals surface area contributed by atoms with Crippen LogP contribution in [-0.4, -0.2) is 21.4 Å². The Morgan fingerprint density at radius 1 is 1.47 bits per heavy atom. The third-order valence-electron chi connectivity index (χ3n) is 2.76. The Bertz CT molecular complexity index is 597. The fourth-order valence-electron chi connectivity index (χ4n) is 1.71. The summed E-state index contributed by atoms with van der Waals surface area (Å²) in [5, 5.41) is 4.60. The van der Waals surface area contributed by atoms with Gasteiger partial charge in [-0.1, -0.05) is 23.8 Å². The minimum Gasteiger partial charge on any atom is -0.493 e. The minimum atomic E-state index is 0.284. The summed E-state index contributed by atoms with van der Waals surface area (Å²) in [6, 6.07) is 7.26. The molecule has 19 heavy (non-hydrogen) atoms. The van der Waals surface area contributed by atoms with E-state index >= 15 is 0 Å². The van der Waals surface area contributed by atoms with E-state index < -0.39 is 0 Å². The number of halogens is 1. The van der Waals surface area contributed by atoms with Crippen LogP contribution >= 0.6 is 23.8 Å². The maximum absolute atomic E-state index is 6.07. The van der Waals surface area contributed by atoms with Crippen LogP contribution in [0.15, 0.2) is 30.5 Å². The van der Waals surface area contributed by atoms with Crippen LogP contribution in [0.1, 0.15) is 11.3 Å². The van der Waals surface area contributed by atoms with E-state index in [2.05, 4.69) is 5.10 Å². The lowest BCUT2D eigenvalue weighted by Gasteiger charge is -2.08. The highest BCUT2D eigenvalue weighted by atomic mass is 35.5. The molecule has 6 heteroatoms. The molecule has 2 aromatic rings. The standard InChI is InChI=1S/C13H14ClN3OS/c1-17-9(4-6-16-17)5-7-18-10-2-3-11(13(15)19)12(14)8-10/h2-4,6,8H,5,7H2,1H3,(H2,15,19). The van der Waals surface area contributed by atoms with Crippen LogP contribution in [0.4, 0.5) is 0 Å². The first kappa shape index (κ1) is 13.8. The van der Waals surface area contributed by atoms with Gasteiger partial charge >= 0.3 is 0 Å². The zero-order chi connectivity index (χ0) is 13.8. The van der Waals surface area contributed by atoms with Gasteiger partial charge in [-0.3, -0.25) is 4.68 Å². The number of benzene rings is 1. The first-order valence-corrected chi connectivity index (χ1v) is 6.55. The second-order valence-electron chi connectivity index (χ2n) is 4.05. The molecule has 0 atom stereocenters. The Kier molecular flexibility index (Phi) is 4.39. The third kappa shape index (κ3) is 3.45. The number of rotatable bonds is 5. The molecule has 0 unspecified atom stereocenters. The summed E-state index contributed by atoms with van der Waals surface area (Å²) in [6.07, 6.45) is 2.55. The molecule has 0 amide bonds. The van der Waals surface area contributed by atoms with Crippen molar-refractivity contribution in [3.8, 4) is 5.75 Å². The quantitative estimate of drug-likeness (QED) is 0.860. The Morgan fingerprint density at radius 3 is 2.84 bits per heavy atom. The molecule has 100 valence electrons. The van der Waals surface area contributed by atoms with Crippen LogP contribution in [0, 0.1) is 0 Å². The second kappa shape index (κ2) is 6.04. The van der Waals surface area contributed by atoms with E-state index in [0.29, 0.717) is 22.9 Å². The van der Waals surface area contributed by atoms with Gasteiger partial charge in [0, 0.05) is 30.9 Å². The summed E-state index contributed by atoms with van der Waals surface area (Å²) in [5.41, 5.74) is 7.32. The van der Waals surface area contributed by atoms with Crippen molar-refractivity contribution < 1.29 is 4.74 Å². The molecule has 0 bridgehead atoms. The first-order chi connectivity index (χ1) is 9.08. The van der Waals surface area contributed by atoms with Gasteiger partial charge in [-0.2, -0.15) is 5.10 Å². The summed E-state index contributed by atoms with van der Waals surface area (Å²) in [5.74, 6) is 0.701. The Hall–Kier alpha value is -1.59. The fourth-order valence-corrected chi connectivity index (χ4v) is 2.21. The molecule has 1 aromatic carbocycles. The molecule has 1 aromatic heterocycles. The predicted molar refractivity (Wildman–Crippen MR) is 79.7 cm³/mol. The van der Waals surface area contributed by atoms with Gasteiger partial charge in [-0.15, -0.1) is 0 Å². The topological polar surface area (TPSA) is 53.1 Å². The molecule has 2 rings (SSSR count). The lowest BCUT2D eigenvalue weighted by Crippen LogP contribution is -2.10. The molecule has 0 fully saturated rings. The van der Waals surface area contributed by atoms with Crippen molar-refractivity contribution >= 4 is 28.8 Å². The van der Waals surface area contributed by atoms with Crippen LogP contribution in [0.2, 0.25) is 5.02 Å². The van der Waals surface area contributed by atoms with Gasteiger partial charge in [-0.05, 0) is 24.3 Å². The van der Waals surface area contributed by atoms with Crippen molar-refractivity contribution in [3.63, 3.8) is 0 Å². The van der Waals surface area contributed by atoms with Crippen LogP contribution in [0.5, 0.6) is 5.75 Å². The van der Waals surface area contributed by atoms with E-state index in [1.165, 1.54) is 0 Å². The van der Waals surface area contributed by atoms with Gasteiger partial charge in [0.1, 0.15) is 10.7 Å². The van der Waals surface area contributed by atoms with Gasteiger partial charge in [0.2, 0.25) is 0 Å². The van der Waals surface area contributed by atoms with Gasteiger partial charge in [-0.25, -0.2) is 0 Å². The van der Waals surface area contributed by atoms with Crippen molar-refractivity contribution in [1.29, 1.82) is 0 Å². The van der Waals surface area contributed by atoms with Crippen LogP contribution < -0.4 is 10.5 Å². The molecule has 0 saturated carbocycles. The average molecular weight is 296 g/mol. The van der Waals surface area contributed by atoms with Gasteiger partial charge in [0.25, 0.3) is 0 Å². The van der Waals surface area contributed by atoms with E-state index in [-0.39, 0.29) is 4.99 Å². The molecule has 0 spiro atoms. The van der Waals surface area contributed by atoms with E-state index in [1.807, 2.05) is 23.9 Å². The lowest BCUT2D eigenvalue weighted by molar-refractivity contribution is 0.318. The molecule has 0 aliphatic carbocycles. The number of nitrogens with two attached hydrogens (primary N) is 1. The second-order valence-corrected chi connectivity index (χ2v) is 4.90. The fraction of sp³-hybridized carbons (Fsp3) is 0.231. The van der Waals surface area contributed by atoms with Crippen LogP contribution in [0.25, 0.3) is 0 Å². The van der Waals surface area contributed by atoms with Crippen molar-refractivity contribution in [2.24, 2.45) is 12.8 Å². The highest BCUT2D eigenvalue weighted by molar-refractivity contribution is 7.80. The lowest BCUT2D eigenvalue weighted by atomic mass is 10.2. The highest BCUT2D eigenvalue weighted by Gasteiger charge is 2.05. The molecule has 0 radical (unpaired) electrons. The zero-order valence-electron chi connectivity index (χ0n) is 10.5. The Labute approximate surface area is 122 Å². The van der Waals surface area contributed by atoms with E-state index in [0.717, 1.165) is 12.1 Å². The molecule has 1 heterocycles. The number of aryl methyl sites for hydroxylation is 1. The van der Waals surface area contributed by atoms with Gasteiger partial charge < -0.3 is 10.5 Å². The number of ether oxygens (including phenoxy) is 1. The molecule has 0 aliphatic rings. The van der Waals surface area contributed by atoms with Crippen molar-refractivity contribution in [2.75, 3.05) is 6.61 Å². The largest absolute Gasteiger partial charge is 0.493 e. The number of hydrogen-bond acceptors (Lipinski definition) is 3. The molecule has 2 N–H and O–H groups in total. The van der Waals surface area contributed by atoms with E-state index in [9.17, 15) is 0 Å². The van der Waals surface area contributed by atoms with Gasteiger partial charge in [0.15, 0.2) is 0 Å². The Balaban J connectivity index is 1.95. The molecular formula is C13H14ClN3OS. The number of thiocarbonyl (C=S) groups is 1. The highest BCUT2D eigenvalue weighted by Crippen LogP contribution is 2.22. The zero-order valence-corrected chi connectivity index (χ0v) is 12.0. The summed E-state index contributed by atoms with van der Waals surface area (Å²) in [7, 11) is 1.91. The third-order valence-corrected chi connectivity index (χ3v) is 3.29. The molecular weight excluding hydrogens is 282 g/mol. The maximum Gasteiger partial charge on any atom is 0.120 e. The molecule has 0 aliphatic heterocycles. The van der Waals surface area contributed by atoms with Crippen LogP contribution in [-0.2, 0) is 13.5 Å². The van der Waals surface area contributed by atoms with Gasteiger partial charge in [0.05, 0.1) is 11.6 Å². The van der Waals surface area contributed by atoms with Crippen molar-refractivity contribution in [2.45, 2.75) is 6.42 Å². The summed E-state index contributed by atoms with van der Waals surface area (Å²) < 4.78 is 7.47.